The van der Waals surface area contributed by atoms with E-state index in [1.165, 1.54) is 0 Å². The molecule has 0 bridgehead atoms. The second kappa shape index (κ2) is 5.87. The van der Waals surface area contributed by atoms with Crippen LogP contribution in [0.1, 0.15) is 32.3 Å². The number of nitrogens with zero attached hydrogens (tertiary/aromatic N) is 1. The molecule has 0 spiro atoms. The molecule has 1 aromatic carbocycles. The minimum absolute atomic E-state index is 0.0153. The van der Waals surface area contributed by atoms with E-state index in [1.807, 2.05) is 32.0 Å². The Morgan fingerprint density at radius 2 is 2.14 bits per heavy atom. The fourth-order valence-electron chi connectivity index (χ4n) is 2.82. The topological polar surface area (TPSA) is 67.9 Å². The Hall–Kier alpha value is -2.24. The van der Waals surface area contributed by atoms with Gasteiger partial charge in [0.2, 0.25) is 18.6 Å². The molecule has 3 rings (SSSR count). The van der Waals surface area contributed by atoms with Crippen LogP contribution < -0.4 is 14.8 Å². The van der Waals surface area contributed by atoms with E-state index in [1.54, 1.807) is 4.90 Å². The van der Waals surface area contributed by atoms with E-state index >= 15 is 0 Å². The zero-order valence-corrected chi connectivity index (χ0v) is 12.8. The van der Waals surface area contributed by atoms with E-state index in [0.717, 1.165) is 5.56 Å². The van der Waals surface area contributed by atoms with Gasteiger partial charge in [-0.1, -0.05) is 6.07 Å². The molecular formula is C16H20N2O4. The summed E-state index contributed by atoms with van der Waals surface area (Å²) in [5.74, 6) is 1.33. The predicted octanol–water partition coefficient (Wildman–Crippen LogP) is 1.43. The van der Waals surface area contributed by atoms with Crippen LogP contribution in [0.15, 0.2) is 18.2 Å². The molecule has 2 heterocycles. The molecule has 0 saturated carbocycles. The third kappa shape index (κ3) is 2.86. The summed E-state index contributed by atoms with van der Waals surface area (Å²) in [7, 11) is 0. The number of hydrogen-bond acceptors (Lipinski definition) is 4. The minimum atomic E-state index is -0.389. The van der Waals surface area contributed by atoms with Crippen molar-refractivity contribution in [2.75, 3.05) is 6.79 Å². The van der Waals surface area contributed by atoms with Crippen LogP contribution in [0.5, 0.6) is 11.5 Å². The lowest BCUT2D eigenvalue weighted by Gasteiger charge is -2.25. The molecule has 1 N–H and O–H groups in total. The third-order valence-corrected chi connectivity index (χ3v) is 3.85. The van der Waals surface area contributed by atoms with Crippen molar-refractivity contribution < 1.29 is 19.1 Å². The van der Waals surface area contributed by atoms with Gasteiger partial charge in [0.25, 0.3) is 0 Å². The lowest BCUT2D eigenvalue weighted by molar-refractivity contribution is -0.136. The number of fused-ring (bicyclic) bond motifs is 1. The lowest BCUT2D eigenvalue weighted by atomic mass is 10.1. The first kappa shape index (κ1) is 14.7. The Morgan fingerprint density at radius 1 is 1.36 bits per heavy atom. The zero-order chi connectivity index (χ0) is 15.7. The number of ether oxygens (including phenoxy) is 2. The highest BCUT2D eigenvalue weighted by molar-refractivity contribution is 5.91. The van der Waals surface area contributed by atoms with Crippen LogP contribution in [-0.4, -0.2) is 35.6 Å². The number of hydrogen-bond donors (Lipinski definition) is 1. The highest BCUT2D eigenvalue weighted by Crippen LogP contribution is 2.33. The van der Waals surface area contributed by atoms with Gasteiger partial charge in [-0.3, -0.25) is 9.59 Å². The number of likely N-dealkylation sites (tertiary alicyclic amines) is 1. The maximum absolute atomic E-state index is 12.2. The van der Waals surface area contributed by atoms with Gasteiger partial charge < -0.3 is 19.7 Å². The summed E-state index contributed by atoms with van der Waals surface area (Å²) in [5, 5.41) is 2.89. The van der Waals surface area contributed by atoms with Gasteiger partial charge >= 0.3 is 0 Å². The molecule has 6 nitrogen and oxygen atoms in total. The predicted molar refractivity (Wildman–Crippen MR) is 79.4 cm³/mol. The Kier molecular flexibility index (Phi) is 3.92. The largest absolute Gasteiger partial charge is 0.454 e. The lowest BCUT2D eigenvalue weighted by Crippen LogP contribution is -2.46. The van der Waals surface area contributed by atoms with Crippen LogP contribution in [0.3, 0.4) is 0 Å². The molecule has 2 amide bonds. The second-order valence-corrected chi connectivity index (χ2v) is 5.93. The summed E-state index contributed by atoms with van der Waals surface area (Å²) < 4.78 is 10.6. The highest BCUT2D eigenvalue weighted by atomic mass is 16.7. The van der Waals surface area contributed by atoms with Crippen molar-refractivity contribution in [3.8, 4) is 11.5 Å². The first-order chi connectivity index (χ1) is 10.5. The number of amides is 2. The fourth-order valence-corrected chi connectivity index (χ4v) is 2.82. The van der Waals surface area contributed by atoms with Gasteiger partial charge in [0.15, 0.2) is 11.5 Å². The molecule has 22 heavy (non-hydrogen) atoms. The fraction of sp³-hybridized carbons (Fsp3) is 0.500. The van der Waals surface area contributed by atoms with Crippen molar-refractivity contribution in [2.24, 2.45) is 0 Å². The average molecular weight is 304 g/mol. The Morgan fingerprint density at radius 3 is 2.91 bits per heavy atom. The van der Waals surface area contributed by atoms with E-state index in [4.69, 9.17) is 9.47 Å². The standard InChI is InChI=1S/C16H20N2O4/c1-10(2)17-16(20)12-4-6-15(19)18(12)8-11-3-5-13-14(7-11)22-9-21-13/h3,5,7,10,12H,4,6,8-9H2,1-2H3,(H,17,20)/t12-/m0/s1. The van der Waals surface area contributed by atoms with Crippen LogP contribution in [0.2, 0.25) is 0 Å². The first-order valence-corrected chi connectivity index (χ1v) is 7.53. The molecule has 0 aromatic heterocycles. The molecule has 1 aromatic rings. The zero-order valence-electron chi connectivity index (χ0n) is 12.8. The molecule has 0 radical (unpaired) electrons. The van der Waals surface area contributed by atoms with Crippen LogP contribution >= 0.6 is 0 Å². The van der Waals surface area contributed by atoms with Gasteiger partial charge in [-0.2, -0.15) is 0 Å². The summed E-state index contributed by atoms with van der Waals surface area (Å²) in [5.41, 5.74) is 0.932. The SMILES string of the molecule is CC(C)NC(=O)[C@@H]1CCC(=O)N1Cc1ccc2c(c1)OCO2. The molecule has 2 aliphatic heterocycles. The van der Waals surface area contributed by atoms with Gasteiger partial charge in [0, 0.05) is 19.0 Å². The normalized spacial score (nSPS) is 19.9. The summed E-state index contributed by atoms with van der Waals surface area (Å²) in [6.45, 7) is 4.46. The van der Waals surface area contributed by atoms with Crippen molar-refractivity contribution >= 4 is 11.8 Å². The molecule has 1 atom stereocenters. The average Bonchev–Trinajstić information content (AvgIpc) is 3.05. The number of carbonyl (C=O) groups is 2. The number of benzene rings is 1. The molecule has 2 aliphatic rings. The molecule has 6 heteroatoms. The van der Waals surface area contributed by atoms with Crippen LogP contribution in [0.4, 0.5) is 0 Å². The van der Waals surface area contributed by atoms with E-state index in [-0.39, 0.29) is 30.7 Å². The molecule has 1 saturated heterocycles. The summed E-state index contributed by atoms with van der Waals surface area (Å²) in [4.78, 5) is 26.0. The minimum Gasteiger partial charge on any atom is -0.454 e. The van der Waals surface area contributed by atoms with E-state index < -0.39 is 0 Å². The van der Waals surface area contributed by atoms with Gasteiger partial charge in [0.1, 0.15) is 6.04 Å². The van der Waals surface area contributed by atoms with Crippen molar-refractivity contribution in [2.45, 2.75) is 45.3 Å². The highest BCUT2D eigenvalue weighted by Gasteiger charge is 2.36. The molecule has 118 valence electrons. The second-order valence-electron chi connectivity index (χ2n) is 5.93. The quantitative estimate of drug-likeness (QED) is 0.914. The first-order valence-electron chi connectivity index (χ1n) is 7.53. The van der Waals surface area contributed by atoms with E-state index in [2.05, 4.69) is 5.32 Å². The number of nitrogens with one attached hydrogen (secondary N) is 1. The molecule has 0 unspecified atom stereocenters. The molecule has 0 aliphatic carbocycles. The third-order valence-electron chi connectivity index (χ3n) is 3.85. The Balaban J connectivity index is 1.74. The van der Waals surface area contributed by atoms with Crippen LogP contribution in [0.25, 0.3) is 0 Å². The van der Waals surface area contributed by atoms with E-state index in [9.17, 15) is 9.59 Å². The Labute approximate surface area is 129 Å². The van der Waals surface area contributed by atoms with E-state index in [0.29, 0.717) is 30.9 Å². The van der Waals surface area contributed by atoms with Gasteiger partial charge in [-0.05, 0) is 38.0 Å². The monoisotopic (exact) mass is 304 g/mol. The maximum Gasteiger partial charge on any atom is 0.243 e. The molecular weight excluding hydrogens is 284 g/mol. The Bertz CT molecular complexity index is 600. The smallest absolute Gasteiger partial charge is 0.243 e. The molecule has 1 fully saturated rings. The van der Waals surface area contributed by atoms with Crippen molar-refractivity contribution in [1.29, 1.82) is 0 Å². The van der Waals surface area contributed by atoms with Crippen molar-refractivity contribution in [3.05, 3.63) is 23.8 Å². The van der Waals surface area contributed by atoms with Crippen LogP contribution in [-0.2, 0) is 16.1 Å². The van der Waals surface area contributed by atoms with Crippen LogP contribution in [0, 0.1) is 0 Å². The van der Waals surface area contributed by atoms with Gasteiger partial charge in [-0.15, -0.1) is 0 Å². The summed E-state index contributed by atoms with van der Waals surface area (Å²) in [6, 6.07) is 5.28. The summed E-state index contributed by atoms with van der Waals surface area (Å²) in [6.07, 6.45) is 0.989. The number of carbonyl (C=O) groups excluding carboxylic acids is 2. The maximum atomic E-state index is 12.2. The van der Waals surface area contributed by atoms with Crippen molar-refractivity contribution in [3.63, 3.8) is 0 Å². The number of rotatable bonds is 4. The van der Waals surface area contributed by atoms with Gasteiger partial charge in [-0.25, -0.2) is 0 Å². The van der Waals surface area contributed by atoms with Crippen molar-refractivity contribution in [1.82, 2.24) is 10.2 Å². The summed E-state index contributed by atoms with van der Waals surface area (Å²) >= 11 is 0. The van der Waals surface area contributed by atoms with Gasteiger partial charge in [0.05, 0.1) is 0 Å².